The van der Waals surface area contributed by atoms with E-state index in [0.29, 0.717) is 19.3 Å². The second kappa shape index (κ2) is 5.30. The van der Waals surface area contributed by atoms with E-state index in [-0.39, 0.29) is 23.5 Å². The van der Waals surface area contributed by atoms with Crippen LogP contribution in [-0.2, 0) is 11.0 Å². The number of nitrogens with one attached hydrogen (secondary N) is 1. The van der Waals surface area contributed by atoms with Crippen LogP contribution in [0.25, 0.3) is 0 Å². The SMILES string of the molecule is O=C(O)C1CCC2N=C(c3ccccc3C(F)(F)F)NC2C1. The van der Waals surface area contributed by atoms with Crippen LogP contribution in [0.1, 0.15) is 30.4 Å². The minimum absolute atomic E-state index is 0.0243. The lowest BCUT2D eigenvalue weighted by molar-refractivity contribution is -0.143. The third-order valence-corrected chi connectivity index (χ3v) is 4.27. The van der Waals surface area contributed by atoms with Crippen molar-refractivity contribution in [1.29, 1.82) is 0 Å². The fourth-order valence-corrected chi connectivity index (χ4v) is 3.15. The number of aliphatic imine (C=N–C) groups is 1. The van der Waals surface area contributed by atoms with E-state index < -0.39 is 23.6 Å². The molecule has 118 valence electrons. The number of hydrogen-bond donors (Lipinski definition) is 2. The Hall–Kier alpha value is -2.05. The smallest absolute Gasteiger partial charge is 0.417 e. The van der Waals surface area contributed by atoms with Crippen molar-refractivity contribution < 1.29 is 23.1 Å². The molecule has 1 heterocycles. The first-order valence-corrected chi connectivity index (χ1v) is 7.10. The molecule has 3 atom stereocenters. The zero-order chi connectivity index (χ0) is 15.9. The van der Waals surface area contributed by atoms with Crippen LogP contribution < -0.4 is 5.32 Å². The minimum Gasteiger partial charge on any atom is -0.481 e. The van der Waals surface area contributed by atoms with E-state index in [1.54, 1.807) is 0 Å². The van der Waals surface area contributed by atoms with Crippen molar-refractivity contribution in [2.24, 2.45) is 10.9 Å². The fraction of sp³-hybridized carbons (Fsp3) is 0.467. The van der Waals surface area contributed by atoms with Gasteiger partial charge in [0.25, 0.3) is 0 Å². The molecule has 2 N–H and O–H groups in total. The Labute approximate surface area is 125 Å². The van der Waals surface area contributed by atoms with E-state index in [9.17, 15) is 18.0 Å². The van der Waals surface area contributed by atoms with Gasteiger partial charge in [-0.3, -0.25) is 9.79 Å². The largest absolute Gasteiger partial charge is 0.481 e. The monoisotopic (exact) mass is 312 g/mol. The summed E-state index contributed by atoms with van der Waals surface area (Å²) in [5.74, 6) is -1.10. The Morgan fingerprint density at radius 3 is 2.68 bits per heavy atom. The van der Waals surface area contributed by atoms with Crippen molar-refractivity contribution >= 4 is 11.8 Å². The molecule has 1 aromatic carbocycles. The third kappa shape index (κ3) is 2.67. The van der Waals surface area contributed by atoms with Crippen molar-refractivity contribution in [3.05, 3.63) is 35.4 Å². The Kier molecular flexibility index (Phi) is 3.58. The summed E-state index contributed by atoms with van der Waals surface area (Å²) >= 11 is 0. The molecule has 3 unspecified atom stereocenters. The number of fused-ring (bicyclic) bond motifs is 1. The Bertz CT molecular complexity index is 627. The highest BCUT2D eigenvalue weighted by atomic mass is 19.4. The summed E-state index contributed by atoms with van der Waals surface area (Å²) in [5, 5.41) is 12.1. The van der Waals surface area contributed by atoms with Crippen LogP contribution in [0.4, 0.5) is 13.2 Å². The molecule has 3 rings (SSSR count). The summed E-state index contributed by atoms with van der Waals surface area (Å²) in [7, 11) is 0. The average molecular weight is 312 g/mol. The van der Waals surface area contributed by atoms with Gasteiger partial charge in [0.05, 0.1) is 23.6 Å². The average Bonchev–Trinajstić information content (AvgIpc) is 2.89. The number of rotatable bonds is 2. The van der Waals surface area contributed by atoms with Gasteiger partial charge in [0.15, 0.2) is 0 Å². The summed E-state index contributed by atoms with van der Waals surface area (Å²) in [6.07, 6.45) is -2.97. The lowest BCUT2D eigenvalue weighted by atomic mass is 9.83. The standard InChI is InChI=1S/C15H15F3N2O2/c16-15(17,18)10-4-2-1-3-9(10)13-19-11-6-5-8(14(21)22)7-12(11)20-13/h1-4,8,11-12H,5-7H2,(H,19,20)(H,21,22). The number of halogens is 3. The number of nitrogens with zero attached hydrogens (tertiary/aromatic N) is 1. The molecule has 0 saturated heterocycles. The van der Waals surface area contributed by atoms with E-state index in [4.69, 9.17) is 5.11 Å². The first-order valence-electron chi connectivity index (χ1n) is 7.10. The number of aliphatic carboxylic acids is 1. The summed E-state index contributed by atoms with van der Waals surface area (Å²) in [6, 6.07) is 4.95. The van der Waals surface area contributed by atoms with E-state index in [2.05, 4.69) is 10.3 Å². The normalized spacial score (nSPS) is 27.8. The van der Waals surface area contributed by atoms with Crippen LogP contribution in [0.2, 0.25) is 0 Å². The van der Waals surface area contributed by atoms with Gasteiger partial charge >= 0.3 is 12.1 Å². The van der Waals surface area contributed by atoms with Gasteiger partial charge in [0.2, 0.25) is 0 Å². The number of benzene rings is 1. The molecule has 1 fully saturated rings. The second-order valence-electron chi connectivity index (χ2n) is 5.69. The lowest BCUT2D eigenvalue weighted by Gasteiger charge is -2.28. The molecule has 22 heavy (non-hydrogen) atoms. The predicted molar refractivity (Wildman–Crippen MR) is 73.7 cm³/mol. The van der Waals surface area contributed by atoms with Gasteiger partial charge in [-0.05, 0) is 25.3 Å². The van der Waals surface area contributed by atoms with Gasteiger partial charge in [-0.15, -0.1) is 0 Å². The van der Waals surface area contributed by atoms with Crippen molar-refractivity contribution in [2.45, 2.75) is 37.5 Å². The summed E-state index contributed by atoms with van der Waals surface area (Å²) < 4.78 is 39.2. The zero-order valence-corrected chi connectivity index (χ0v) is 11.6. The second-order valence-corrected chi connectivity index (χ2v) is 5.69. The van der Waals surface area contributed by atoms with Crippen molar-refractivity contribution in [3.63, 3.8) is 0 Å². The van der Waals surface area contributed by atoms with Crippen LogP contribution in [0, 0.1) is 5.92 Å². The molecule has 0 amide bonds. The van der Waals surface area contributed by atoms with Gasteiger partial charge in [-0.2, -0.15) is 13.2 Å². The maximum absolute atomic E-state index is 13.1. The molecule has 7 heteroatoms. The Morgan fingerprint density at radius 2 is 2.00 bits per heavy atom. The van der Waals surface area contributed by atoms with Crippen LogP contribution in [0.5, 0.6) is 0 Å². The molecule has 0 aromatic heterocycles. The van der Waals surface area contributed by atoms with Gasteiger partial charge in [0, 0.05) is 5.56 Å². The predicted octanol–water partition coefficient (Wildman–Crippen LogP) is 2.68. The van der Waals surface area contributed by atoms with E-state index in [1.807, 2.05) is 0 Å². The highest BCUT2D eigenvalue weighted by Crippen LogP contribution is 2.35. The van der Waals surface area contributed by atoms with Gasteiger partial charge in [-0.1, -0.05) is 18.2 Å². The molecule has 4 nitrogen and oxygen atoms in total. The van der Waals surface area contributed by atoms with Crippen molar-refractivity contribution in [3.8, 4) is 0 Å². The molecule has 2 aliphatic rings. The maximum atomic E-state index is 13.1. The summed E-state index contributed by atoms with van der Waals surface area (Å²) in [5.41, 5.74) is -0.703. The van der Waals surface area contributed by atoms with Crippen molar-refractivity contribution in [2.75, 3.05) is 0 Å². The Morgan fingerprint density at radius 1 is 1.27 bits per heavy atom. The molecule has 1 aliphatic carbocycles. The zero-order valence-electron chi connectivity index (χ0n) is 11.6. The first-order chi connectivity index (χ1) is 10.4. The van der Waals surface area contributed by atoms with Gasteiger partial charge < -0.3 is 10.4 Å². The topological polar surface area (TPSA) is 61.7 Å². The van der Waals surface area contributed by atoms with Crippen molar-refractivity contribution in [1.82, 2.24) is 5.32 Å². The van der Waals surface area contributed by atoms with E-state index in [0.717, 1.165) is 6.07 Å². The summed E-state index contributed by atoms with van der Waals surface area (Å²) in [4.78, 5) is 15.4. The lowest BCUT2D eigenvalue weighted by Crippen LogP contribution is -2.41. The van der Waals surface area contributed by atoms with Crippen LogP contribution in [-0.4, -0.2) is 29.0 Å². The molecular formula is C15H15F3N2O2. The highest BCUT2D eigenvalue weighted by Gasteiger charge is 2.40. The van der Waals surface area contributed by atoms with Crippen LogP contribution in [0.3, 0.4) is 0 Å². The number of carboxylic acids is 1. The fourth-order valence-electron chi connectivity index (χ4n) is 3.15. The Balaban J connectivity index is 1.86. The van der Waals surface area contributed by atoms with Gasteiger partial charge in [0.1, 0.15) is 5.84 Å². The maximum Gasteiger partial charge on any atom is 0.417 e. The number of hydrogen-bond acceptors (Lipinski definition) is 3. The summed E-state index contributed by atoms with van der Waals surface area (Å²) in [6.45, 7) is 0. The minimum atomic E-state index is -4.45. The number of alkyl halides is 3. The van der Waals surface area contributed by atoms with E-state index in [1.165, 1.54) is 18.2 Å². The molecular weight excluding hydrogens is 297 g/mol. The number of amidine groups is 1. The number of carbonyl (C=O) groups is 1. The first kappa shape index (κ1) is 14.9. The van der Waals surface area contributed by atoms with Crippen LogP contribution in [0.15, 0.2) is 29.3 Å². The molecule has 0 bridgehead atoms. The quantitative estimate of drug-likeness (QED) is 0.882. The van der Waals surface area contributed by atoms with Crippen LogP contribution >= 0.6 is 0 Å². The van der Waals surface area contributed by atoms with E-state index >= 15 is 0 Å². The highest BCUT2D eigenvalue weighted by molar-refractivity contribution is 6.01. The third-order valence-electron chi connectivity index (χ3n) is 4.27. The molecule has 1 saturated carbocycles. The molecule has 0 spiro atoms. The molecule has 1 aliphatic heterocycles. The molecule has 0 radical (unpaired) electrons. The molecule has 1 aromatic rings. The number of carboxylic acid groups (broad SMARTS) is 1. The van der Waals surface area contributed by atoms with Gasteiger partial charge in [-0.25, -0.2) is 0 Å².